The quantitative estimate of drug-likeness (QED) is 0.622. The maximum Gasteiger partial charge on any atom is 0.358 e. The molecule has 1 unspecified atom stereocenters. The molecule has 0 bridgehead atoms. The van der Waals surface area contributed by atoms with E-state index in [1.807, 2.05) is 0 Å². The second-order valence-corrected chi connectivity index (χ2v) is 4.13. The van der Waals surface area contributed by atoms with E-state index in [1.165, 1.54) is 6.92 Å². The Bertz CT molecular complexity index is 334. The number of carbonyl (C=O) groups is 1. The zero-order valence-corrected chi connectivity index (χ0v) is 9.05. The van der Waals surface area contributed by atoms with E-state index < -0.39 is 10.9 Å². The fourth-order valence-corrected chi connectivity index (χ4v) is 1.01. The van der Waals surface area contributed by atoms with E-state index in [4.69, 9.17) is 21.4 Å². The van der Waals surface area contributed by atoms with Gasteiger partial charge in [0.2, 0.25) is 4.93 Å². The van der Waals surface area contributed by atoms with Crippen LogP contribution < -0.4 is 4.74 Å². The molecule has 3 nitrogen and oxygen atoms in total. The second-order valence-electron chi connectivity index (χ2n) is 2.84. The van der Waals surface area contributed by atoms with Crippen LogP contribution in [-0.2, 0) is 4.79 Å². The third-order valence-electron chi connectivity index (χ3n) is 1.53. The van der Waals surface area contributed by atoms with Gasteiger partial charge in [0.25, 0.3) is 0 Å². The molecule has 5 heteroatoms. The zero-order valence-electron chi connectivity index (χ0n) is 7.40. The number of carboxylic acid groups (broad SMARTS) is 1. The molecule has 76 valence electrons. The lowest BCUT2D eigenvalue weighted by Gasteiger charge is -2.20. The van der Waals surface area contributed by atoms with E-state index in [1.54, 1.807) is 24.3 Å². The number of halogens is 1. The largest absolute Gasteiger partial charge is 0.478 e. The summed E-state index contributed by atoms with van der Waals surface area (Å²) in [7, 11) is 0. The number of benzene rings is 1. The molecule has 1 aromatic rings. The fraction of sp³-hybridized carbons (Fsp3) is 0.222. The van der Waals surface area contributed by atoms with Gasteiger partial charge in [0.1, 0.15) is 5.75 Å². The molecule has 0 saturated carbocycles. The Hall–Kier alpha value is -0.870. The van der Waals surface area contributed by atoms with Gasteiger partial charge in [-0.2, -0.15) is 0 Å². The van der Waals surface area contributed by atoms with Gasteiger partial charge in [-0.15, -0.1) is 12.6 Å². The van der Waals surface area contributed by atoms with Gasteiger partial charge in [-0.05, 0) is 31.2 Å². The number of hydrogen-bond donors (Lipinski definition) is 2. The van der Waals surface area contributed by atoms with Crippen LogP contribution in [-0.4, -0.2) is 16.0 Å². The summed E-state index contributed by atoms with van der Waals surface area (Å²) in [5, 5.41) is 9.29. The predicted molar refractivity (Wildman–Crippen MR) is 57.1 cm³/mol. The van der Waals surface area contributed by atoms with Crippen molar-refractivity contribution in [1.82, 2.24) is 0 Å². The molecular formula is C9H9ClO3S. The summed E-state index contributed by atoms with van der Waals surface area (Å²) in [5.41, 5.74) is 0. The Morgan fingerprint density at radius 2 is 2.00 bits per heavy atom. The number of carboxylic acids is 1. The standard InChI is InChI=1S/C9H9ClO3S/c1-9(14,8(11)12)13-7-4-2-6(10)3-5-7/h2-5,14H,1H3,(H,11,12). The molecule has 0 aliphatic heterocycles. The molecule has 0 spiro atoms. The highest BCUT2D eigenvalue weighted by Crippen LogP contribution is 2.23. The summed E-state index contributed by atoms with van der Waals surface area (Å²) >= 11 is 9.52. The minimum absolute atomic E-state index is 0.411. The van der Waals surface area contributed by atoms with Gasteiger partial charge in [-0.3, -0.25) is 0 Å². The van der Waals surface area contributed by atoms with Crippen LogP contribution in [0.1, 0.15) is 6.92 Å². The normalized spacial score (nSPS) is 14.5. The van der Waals surface area contributed by atoms with E-state index >= 15 is 0 Å². The Labute approximate surface area is 92.1 Å². The van der Waals surface area contributed by atoms with Crippen LogP contribution in [0.3, 0.4) is 0 Å². The topological polar surface area (TPSA) is 46.5 Å². The van der Waals surface area contributed by atoms with E-state index in [9.17, 15) is 4.79 Å². The van der Waals surface area contributed by atoms with E-state index in [2.05, 4.69) is 12.6 Å². The number of hydrogen-bond acceptors (Lipinski definition) is 3. The minimum atomic E-state index is -1.53. The summed E-state index contributed by atoms with van der Waals surface area (Å²) < 4.78 is 5.12. The van der Waals surface area contributed by atoms with Crippen molar-refractivity contribution in [3.63, 3.8) is 0 Å². The monoisotopic (exact) mass is 232 g/mol. The summed E-state index contributed by atoms with van der Waals surface area (Å²) in [4.78, 5) is 9.13. The minimum Gasteiger partial charge on any atom is -0.478 e. The van der Waals surface area contributed by atoms with Crippen LogP contribution in [0.25, 0.3) is 0 Å². The van der Waals surface area contributed by atoms with Crippen molar-refractivity contribution in [2.75, 3.05) is 0 Å². The van der Waals surface area contributed by atoms with Crippen LogP contribution in [0.2, 0.25) is 5.02 Å². The number of ether oxygens (including phenoxy) is 1. The van der Waals surface area contributed by atoms with Gasteiger partial charge in [-0.25, -0.2) is 4.79 Å². The molecular weight excluding hydrogens is 224 g/mol. The van der Waals surface area contributed by atoms with Crippen LogP contribution in [0, 0.1) is 0 Å². The van der Waals surface area contributed by atoms with E-state index in [-0.39, 0.29) is 0 Å². The van der Waals surface area contributed by atoms with Crippen molar-refractivity contribution < 1.29 is 14.6 Å². The smallest absolute Gasteiger partial charge is 0.358 e. The van der Waals surface area contributed by atoms with Gasteiger partial charge in [0, 0.05) is 5.02 Å². The number of aliphatic carboxylic acids is 1. The summed E-state index contributed by atoms with van der Waals surface area (Å²) in [6, 6.07) is 6.39. The highest BCUT2D eigenvalue weighted by atomic mass is 35.5. The summed E-state index contributed by atoms with van der Waals surface area (Å²) in [5.74, 6) is -0.731. The molecule has 0 amide bonds. The van der Waals surface area contributed by atoms with Crippen molar-refractivity contribution in [3.8, 4) is 5.75 Å². The first-order chi connectivity index (χ1) is 6.42. The van der Waals surface area contributed by atoms with Crippen molar-refractivity contribution in [2.24, 2.45) is 0 Å². The number of rotatable bonds is 3. The second kappa shape index (κ2) is 4.11. The van der Waals surface area contributed by atoms with Crippen molar-refractivity contribution in [1.29, 1.82) is 0 Å². The fourth-order valence-electron chi connectivity index (χ4n) is 0.776. The van der Waals surface area contributed by atoms with Crippen LogP contribution in [0.5, 0.6) is 5.75 Å². The molecule has 0 aliphatic carbocycles. The zero-order chi connectivity index (χ0) is 10.8. The van der Waals surface area contributed by atoms with Gasteiger partial charge < -0.3 is 9.84 Å². The van der Waals surface area contributed by atoms with Crippen LogP contribution in [0.15, 0.2) is 24.3 Å². The maximum atomic E-state index is 10.7. The highest BCUT2D eigenvalue weighted by Gasteiger charge is 2.30. The van der Waals surface area contributed by atoms with Crippen molar-refractivity contribution >= 4 is 30.2 Å². The Morgan fingerprint density at radius 1 is 1.50 bits per heavy atom. The first kappa shape index (κ1) is 11.2. The third kappa shape index (κ3) is 2.82. The van der Waals surface area contributed by atoms with Crippen molar-refractivity contribution in [3.05, 3.63) is 29.3 Å². The molecule has 0 aliphatic rings. The molecule has 1 aromatic carbocycles. The summed E-state index contributed by atoms with van der Waals surface area (Å²) in [6.45, 7) is 1.35. The lowest BCUT2D eigenvalue weighted by Crippen LogP contribution is -2.35. The average Bonchev–Trinajstić information content (AvgIpc) is 2.08. The molecule has 0 heterocycles. The predicted octanol–water partition coefficient (Wildman–Crippen LogP) is 2.45. The Morgan fingerprint density at radius 3 is 2.43 bits per heavy atom. The molecule has 0 aromatic heterocycles. The molecule has 1 N–H and O–H groups in total. The van der Waals surface area contributed by atoms with Gasteiger partial charge in [-0.1, -0.05) is 11.6 Å². The van der Waals surface area contributed by atoms with Gasteiger partial charge in [0.05, 0.1) is 0 Å². The van der Waals surface area contributed by atoms with Crippen LogP contribution >= 0.6 is 24.2 Å². The maximum absolute atomic E-state index is 10.7. The third-order valence-corrected chi connectivity index (χ3v) is 2.06. The first-order valence-corrected chi connectivity index (χ1v) is 4.65. The molecule has 1 atom stereocenters. The van der Waals surface area contributed by atoms with Crippen LogP contribution in [0.4, 0.5) is 0 Å². The SMILES string of the molecule is CC(S)(Oc1ccc(Cl)cc1)C(=O)O. The Balaban J connectivity index is 2.79. The lowest BCUT2D eigenvalue weighted by molar-refractivity contribution is -0.146. The molecule has 1 rings (SSSR count). The molecule has 0 fully saturated rings. The van der Waals surface area contributed by atoms with Gasteiger partial charge in [0.15, 0.2) is 0 Å². The van der Waals surface area contributed by atoms with Gasteiger partial charge >= 0.3 is 5.97 Å². The summed E-state index contributed by atoms with van der Waals surface area (Å²) in [6.07, 6.45) is 0. The molecule has 0 radical (unpaired) electrons. The highest BCUT2D eigenvalue weighted by molar-refractivity contribution is 7.82. The first-order valence-electron chi connectivity index (χ1n) is 3.82. The van der Waals surface area contributed by atoms with E-state index in [0.29, 0.717) is 10.8 Å². The average molecular weight is 233 g/mol. The molecule has 0 saturated heterocycles. The van der Waals surface area contributed by atoms with Crippen molar-refractivity contribution in [2.45, 2.75) is 11.9 Å². The van der Waals surface area contributed by atoms with E-state index in [0.717, 1.165) is 0 Å². The number of thiol groups is 1. The Kier molecular flexibility index (Phi) is 3.29. The lowest BCUT2D eigenvalue weighted by atomic mass is 10.3. The molecule has 14 heavy (non-hydrogen) atoms.